The number of ether oxygens (including phenoxy) is 1. The third-order valence-electron chi connectivity index (χ3n) is 2.46. The van der Waals surface area contributed by atoms with E-state index in [0.717, 1.165) is 4.68 Å². The van der Waals surface area contributed by atoms with E-state index in [9.17, 15) is 22.4 Å². The molecule has 9 heteroatoms. The van der Waals surface area contributed by atoms with E-state index in [0.29, 0.717) is 5.69 Å². The van der Waals surface area contributed by atoms with Crippen LogP contribution < -0.4 is 0 Å². The van der Waals surface area contributed by atoms with Crippen LogP contribution >= 0.6 is 11.6 Å². The van der Waals surface area contributed by atoms with Gasteiger partial charge in [-0.05, 0) is 12.1 Å². The van der Waals surface area contributed by atoms with Crippen molar-refractivity contribution in [2.45, 2.75) is 13.0 Å². The lowest BCUT2D eigenvalue weighted by molar-refractivity contribution is -0.0908. The van der Waals surface area contributed by atoms with E-state index < -0.39 is 35.4 Å². The van der Waals surface area contributed by atoms with E-state index in [-0.39, 0.29) is 0 Å². The van der Waals surface area contributed by atoms with E-state index in [1.165, 1.54) is 12.1 Å². The zero-order valence-corrected chi connectivity index (χ0v) is 10.9. The average Bonchev–Trinajstić information content (AvgIpc) is 2.77. The van der Waals surface area contributed by atoms with Crippen LogP contribution in [0.25, 0.3) is 5.69 Å². The van der Waals surface area contributed by atoms with Gasteiger partial charge in [-0.3, -0.25) is 0 Å². The number of halogens is 5. The Balaban J connectivity index is 2.54. The molecule has 0 aliphatic rings. The van der Waals surface area contributed by atoms with Gasteiger partial charge in [0.2, 0.25) is 0 Å². The minimum Gasteiger partial charge on any atom is -0.399 e. The number of nitrogens with zero attached hydrogens (tertiary/aromatic N) is 2. The van der Waals surface area contributed by atoms with Crippen molar-refractivity contribution >= 4 is 17.6 Å². The van der Waals surface area contributed by atoms with Crippen molar-refractivity contribution in [3.63, 3.8) is 0 Å². The van der Waals surface area contributed by atoms with Gasteiger partial charge in [0, 0.05) is 0 Å². The maximum Gasteiger partial charge on any atom is 0.389 e. The van der Waals surface area contributed by atoms with Gasteiger partial charge in [-0.25, -0.2) is 18.3 Å². The Morgan fingerprint density at radius 1 is 1.19 bits per heavy atom. The zero-order chi connectivity index (χ0) is 15.6. The summed E-state index contributed by atoms with van der Waals surface area (Å²) in [5, 5.41) is 2.97. The number of aromatic nitrogens is 2. The lowest BCUT2D eigenvalue weighted by Gasteiger charge is -2.04. The molecule has 112 valence electrons. The summed E-state index contributed by atoms with van der Waals surface area (Å²) in [4.78, 5) is 11.5. The van der Waals surface area contributed by atoms with Crippen LogP contribution in [-0.4, -0.2) is 22.4 Å². The van der Waals surface area contributed by atoms with Gasteiger partial charge >= 0.3 is 12.6 Å². The molecule has 21 heavy (non-hydrogen) atoms. The van der Waals surface area contributed by atoms with Crippen LogP contribution in [0.2, 0.25) is 5.15 Å². The van der Waals surface area contributed by atoms with Crippen molar-refractivity contribution in [1.29, 1.82) is 0 Å². The van der Waals surface area contributed by atoms with Crippen molar-refractivity contribution in [2.75, 3.05) is 0 Å². The molecule has 2 aromatic rings. The highest BCUT2D eigenvalue weighted by Gasteiger charge is 2.31. The number of carbonyl (C=O) groups is 1. The molecule has 0 amide bonds. The molecule has 0 unspecified atom stereocenters. The lowest BCUT2D eigenvalue weighted by atomic mass is 10.2. The van der Waals surface area contributed by atoms with Gasteiger partial charge in [0.15, 0.2) is 0 Å². The minimum atomic E-state index is -3.45. The average molecular weight is 323 g/mol. The molecule has 0 bridgehead atoms. The van der Waals surface area contributed by atoms with Crippen LogP contribution in [-0.2, 0) is 4.74 Å². The Morgan fingerprint density at radius 3 is 2.33 bits per heavy atom. The second kappa shape index (κ2) is 6.13. The van der Waals surface area contributed by atoms with E-state index in [2.05, 4.69) is 9.84 Å². The Morgan fingerprint density at radius 2 is 1.81 bits per heavy atom. The molecule has 0 aliphatic heterocycles. The standard InChI is InChI=1S/C12H7ClF4N2O2/c13-9-7(11(20)21-12(16)17)8(10(14)15)18-19(9)6-4-2-1-3-5-6/h1-5,10,12H. The molecule has 0 atom stereocenters. The summed E-state index contributed by atoms with van der Waals surface area (Å²) in [6, 6.07) is 7.84. The zero-order valence-electron chi connectivity index (χ0n) is 10.1. The summed E-state index contributed by atoms with van der Waals surface area (Å²) >= 11 is 5.81. The number of hydrogen-bond acceptors (Lipinski definition) is 3. The van der Waals surface area contributed by atoms with Crippen LogP contribution in [0.15, 0.2) is 30.3 Å². The number of rotatable bonds is 4. The number of carbonyl (C=O) groups excluding carboxylic acids is 1. The molecule has 0 saturated carbocycles. The fourth-order valence-corrected chi connectivity index (χ4v) is 1.94. The maximum absolute atomic E-state index is 12.9. The van der Waals surface area contributed by atoms with Crippen LogP contribution in [0.3, 0.4) is 0 Å². The predicted octanol–water partition coefficient (Wildman–Crippen LogP) is 3.84. The molecular weight excluding hydrogens is 316 g/mol. The van der Waals surface area contributed by atoms with Crippen LogP contribution in [0.4, 0.5) is 17.6 Å². The largest absolute Gasteiger partial charge is 0.399 e. The SMILES string of the molecule is O=C(OC(F)F)c1c(C(F)F)nn(-c2ccccc2)c1Cl. The first kappa shape index (κ1) is 15.3. The Bertz CT molecular complexity index is 646. The maximum atomic E-state index is 12.9. The second-order valence-corrected chi connectivity index (χ2v) is 4.12. The molecule has 2 rings (SSSR count). The number of alkyl halides is 4. The molecule has 0 N–H and O–H groups in total. The van der Waals surface area contributed by atoms with E-state index in [1.54, 1.807) is 18.2 Å². The van der Waals surface area contributed by atoms with Crippen LogP contribution in [0.1, 0.15) is 22.5 Å². The van der Waals surface area contributed by atoms with E-state index in [1.807, 2.05) is 0 Å². The van der Waals surface area contributed by atoms with Crippen molar-refractivity contribution in [3.8, 4) is 5.69 Å². The number of benzene rings is 1. The molecule has 1 aromatic heterocycles. The number of hydrogen-bond donors (Lipinski definition) is 0. The van der Waals surface area contributed by atoms with Gasteiger partial charge < -0.3 is 4.74 Å². The summed E-state index contributed by atoms with van der Waals surface area (Å²) in [6.07, 6.45) is -3.17. The molecular formula is C12H7ClF4N2O2. The first-order valence-electron chi connectivity index (χ1n) is 5.53. The lowest BCUT2D eigenvalue weighted by Crippen LogP contribution is -2.11. The topological polar surface area (TPSA) is 44.1 Å². The van der Waals surface area contributed by atoms with Gasteiger partial charge in [-0.2, -0.15) is 13.9 Å². The summed E-state index contributed by atoms with van der Waals surface area (Å²) in [6.45, 7) is -3.45. The molecule has 1 heterocycles. The second-order valence-electron chi connectivity index (χ2n) is 3.77. The Hall–Kier alpha value is -2.09. The molecule has 0 radical (unpaired) electrons. The molecule has 0 spiro atoms. The molecule has 0 saturated heterocycles. The Kier molecular flexibility index (Phi) is 4.46. The van der Waals surface area contributed by atoms with Crippen molar-refractivity contribution in [2.24, 2.45) is 0 Å². The highest BCUT2D eigenvalue weighted by molar-refractivity contribution is 6.33. The van der Waals surface area contributed by atoms with Crippen molar-refractivity contribution in [3.05, 3.63) is 46.7 Å². The van der Waals surface area contributed by atoms with E-state index >= 15 is 0 Å². The molecule has 1 aromatic carbocycles. The number of esters is 1. The summed E-state index contributed by atoms with van der Waals surface area (Å²) in [5.74, 6) is -1.66. The summed E-state index contributed by atoms with van der Waals surface area (Å²) < 4.78 is 54.4. The smallest absolute Gasteiger partial charge is 0.389 e. The fraction of sp³-hybridized carbons (Fsp3) is 0.167. The summed E-state index contributed by atoms with van der Waals surface area (Å²) in [5.41, 5.74) is -1.61. The van der Waals surface area contributed by atoms with Gasteiger partial charge in [0.1, 0.15) is 16.4 Å². The first-order valence-corrected chi connectivity index (χ1v) is 5.90. The van der Waals surface area contributed by atoms with E-state index in [4.69, 9.17) is 11.6 Å². The van der Waals surface area contributed by atoms with Crippen molar-refractivity contribution in [1.82, 2.24) is 9.78 Å². The molecule has 0 aliphatic carbocycles. The number of para-hydroxylation sites is 1. The predicted molar refractivity (Wildman–Crippen MR) is 65.0 cm³/mol. The molecule has 4 nitrogen and oxygen atoms in total. The third kappa shape index (κ3) is 3.15. The van der Waals surface area contributed by atoms with Gasteiger partial charge in [-0.1, -0.05) is 29.8 Å². The molecule has 0 fully saturated rings. The quantitative estimate of drug-likeness (QED) is 0.634. The van der Waals surface area contributed by atoms with Gasteiger partial charge in [-0.15, -0.1) is 0 Å². The van der Waals surface area contributed by atoms with Crippen LogP contribution in [0, 0.1) is 0 Å². The minimum absolute atomic E-state index is 0.292. The normalized spacial score (nSPS) is 11.2. The first-order chi connectivity index (χ1) is 9.91. The Labute approximate surface area is 120 Å². The van der Waals surface area contributed by atoms with Crippen molar-refractivity contribution < 1.29 is 27.1 Å². The van der Waals surface area contributed by atoms with Gasteiger partial charge in [0.25, 0.3) is 6.43 Å². The fourth-order valence-electron chi connectivity index (χ4n) is 1.63. The third-order valence-corrected chi connectivity index (χ3v) is 2.81. The van der Waals surface area contributed by atoms with Gasteiger partial charge in [0.05, 0.1) is 5.69 Å². The van der Waals surface area contributed by atoms with Crippen LogP contribution in [0.5, 0.6) is 0 Å². The highest BCUT2D eigenvalue weighted by Crippen LogP contribution is 2.30. The monoisotopic (exact) mass is 322 g/mol. The summed E-state index contributed by atoms with van der Waals surface area (Å²) in [7, 11) is 0. The highest BCUT2D eigenvalue weighted by atomic mass is 35.5.